The molecule has 7 heavy (non-hydrogen) atoms. The van der Waals surface area contributed by atoms with Gasteiger partial charge in [0.15, 0.2) is 0 Å². The Morgan fingerprint density at radius 3 is 2.43 bits per heavy atom. The molecule has 2 heteroatoms. The maximum Gasteiger partial charge on any atom is 0.0928 e. The second kappa shape index (κ2) is 4.13. The fourth-order valence-electron chi connectivity index (χ4n) is 0.259. The van der Waals surface area contributed by atoms with Crippen molar-refractivity contribution in [1.82, 2.24) is 0 Å². The first-order valence-corrected chi connectivity index (χ1v) is 2.70. The summed E-state index contributed by atoms with van der Waals surface area (Å²) in [6.45, 7) is 3.07. The van der Waals surface area contributed by atoms with E-state index in [1.54, 1.807) is 0 Å². The van der Waals surface area contributed by atoms with Gasteiger partial charge in [-0.15, -0.1) is 11.6 Å². The molecule has 0 radical (unpaired) electrons. The van der Waals surface area contributed by atoms with Crippen LogP contribution in [0.2, 0.25) is 0 Å². The van der Waals surface area contributed by atoms with Gasteiger partial charge in [-0.25, -0.2) is 4.39 Å². The van der Waals surface area contributed by atoms with Crippen LogP contribution in [0, 0.1) is 0 Å². The molecule has 0 aliphatic carbocycles. The normalized spacial score (nSPS) is 8.86. The van der Waals surface area contributed by atoms with Crippen molar-refractivity contribution >= 4 is 11.6 Å². The molecule has 42 valence electrons. The molecule has 0 saturated heterocycles. The molecule has 0 amide bonds. The Morgan fingerprint density at radius 2 is 2.29 bits per heavy atom. The summed E-state index contributed by atoms with van der Waals surface area (Å²) < 4.78 is 11.6. The van der Waals surface area contributed by atoms with Crippen molar-refractivity contribution in [2.45, 2.75) is 12.8 Å². The lowest BCUT2D eigenvalue weighted by Crippen LogP contribution is -1.73. The van der Waals surface area contributed by atoms with Crippen molar-refractivity contribution in [1.29, 1.82) is 0 Å². The third-order valence-electron chi connectivity index (χ3n) is 0.582. The number of allylic oxidation sites excluding steroid dienone is 1. The highest BCUT2D eigenvalue weighted by Gasteiger charge is 1.86. The van der Waals surface area contributed by atoms with E-state index in [9.17, 15) is 4.39 Å². The average Bonchev–Trinajstić information content (AvgIpc) is 1.61. The Balaban J connectivity index is 2.82. The van der Waals surface area contributed by atoms with E-state index in [1.165, 1.54) is 0 Å². The van der Waals surface area contributed by atoms with Crippen LogP contribution in [0.4, 0.5) is 4.39 Å². The van der Waals surface area contributed by atoms with E-state index in [2.05, 4.69) is 6.58 Å². The third-order valence-corrected chi connectivity index (χ3v) is 0.849. The fraction of sp³-hybridized carbons (Fsp3) is 0.600. The van der Waals surface area contributed by atoms with Crippen molar-refractivity contribution in [3.8, 4) is 0 Å². The molecule has 0 aliphatic heterocycles. The van der Waals surface area contributed by atoms with E-state index in [1.807, 2.05) is 0 Å². The highest BCUT2D eigenvalue weighted by atomic mass is 35.5. The molecule has 0 aliphatic rings. The minimum atomic E-state index is -0.277. The van der Waals surface area contributed by atoms with E-state index in [-0.39, 0.29) is 5.83 Å². The summed E-state index contributed by atoms with van der Waals surface area (Å²) in [5, 5.41) is 0. The summed E-state index contributed by atoms with van der Waals surface area (Å²) in [5.41, 5.74) is 0. The molecule has 0 unspecified atom stereocenters. The molecule has 0 spiro atoms. The van der Waals surface area contributed by atoms with Crippen LogP contribution in [0.5, 0.6) is 0 Å². The van der Waals surface area contributed by atoms with Crippen LogP contribution in [0.3, 0.4) is 0 Å². The average molecular weight is 123 g/mol. The van der Waals surface area contributed by atoms with Crippen LogP contribution in [-0.2, 0) is 0 Å². The van der Waals surface area contributed by atoms with Crippen LogP contribution < -0.4 is 0 Å². The summed E-state index contributed by atoms with van der Waals surface area (Å²) in [7, 11) is 0. The molecule has 0 aromatic heterocycles. The van der Waals surface area contributed by atoms with Gasteiger partial charge >= 0.3 is 0 Å². The van der Waals surface area contributed by atoms with Gasteiger partial charge in [0.25, 0.3) is 0 Å². The van der Waals surface area contributed by atoms with Gasteiger partial charge in [-0.3, -0.25) is 0 Å². The van der Waals surface area contributed by atoms with Gasteiger partial charge in [-0.2, -0.15) is 0 Å². The van der Waals surface area contributed by atoms with E-state index < -0.39 is 0 Å². The first kappa shape index (κ1) is 6.96. The standard InChI is InChI=1S/C5H8ClF/c1-5(7)3-2-4-6/h1-4H2. The lowest BCUT2D eigenvalue weighted by atomic mass is 10.3. The number of rotatable bonds is 3. The van der Waals surface area contributed by atoms with Crippen molar-refractivity contribution in [3.63, 3.8) is 0 Å². The van der Waals surface area contributed by atoms with Crippen molar-refractivity contribution < 1.29 is 4.39 Å². The quantitative estimate of drug-likeness (QED) is 0.505. The fourth-order valence-corrected chi connectivity index (χ4v) is 0.392. The van der Waals surface area contributed by atoms with Gasteiger partial charge in [-0.05, 0) is 12.8 Å². The maximum atomic E-state index is 11.6. The van der Waals surface area contributed by atoms with Gasteiger partial charge in [0, 0.05) is 5.88 Å². The Labute approximate surface area is 48.0 Å². The Hall–Kier alpha value is -0.0400. The second-order valence-corrected chi connectivity index (χ2v) is 1.69. The van der Waals surface area contributed by atoms with Gasteiger partial charge < -0.3 is 0 Å². The van der Waals surface area contributed by atoms with E-state index in [4.69, 9.17) is 11.6 Å². The lowest BCUT2D eigenvalue weighted by molar-refractivity contribution is 0.589. The molecule has 0 bridgehead atoms. The van der Waals surface area contributed by atoms with Crippen LogP contribution >= 0.6 is 11.6 Å². The molecule has 0 saturated carbocycles. The largest absolute Gasteiger partial charge is 0.212 e. The zero-order chi connectivity index (χ0) is 5.70. The first-order chi connectivity index (χ1) is 3.27. The maximum absolute atomic E-state index is 11.6. The van der Waals surface area contributed by atoms with E-state index in [0.29, 0.717) is 18.7 Å². The highest BCUT2D eigenvalue weighted by molar-refractivity contribution is 6.17. The zero-order valence-electron chi connectivity index (χ0n) is 4.08. The molecule has 0 aromatic carbocycles. The zero-order valence-corrected chi connectivity index (χ0v) is 4.84. The van der Waals surface area contributed by atoms with Gasteiger partial charge in [0.2, 0.25) is 0 Å². The van der Waals surface area contributed by atoms with E-state index >= 15 is 0 Å². The minimum Gasteiger partial charge on any atom is -0.212 e. The molecule has 0 N–H and O–H groups in total. The van der Waals surface area contributed by atoms with Crippen LogP contribution in [0.25, 0.3) is 0 Å². The molecular formula is C5H8ClF. The molecule has 0 nitrogen and oxygen atoms in total. The van der Waals surface area contributed by atoms with Crippen molar-refractivity contribution in [2.24, 2.45) is 0 Å². The first-order valence-electron chi connectivity index (χ1n) is 2.16. The van der Waals surface area contributed by atoms with Gasteiger partial charge in [0.1, 0.15) is 0 Å². The predicted octanol–water partition coefficient (Wildman–Crippen LogP) is 2.49. The van der Waals surface area contributed by atoms with Crippen molar-refractivity contribution in [2.75, 3.05) is 5.88 Å². The molecular weight excluding hydrogens is 115 g/mol. The lowest BCUT2D eigenvalue weighted by Gasteiger charge is -1.86. The Kier molecular flexibility index (Phi) is 4.10. The van der Waals surface area contributed by atoms with Crippen LogP contribution in [0.1, 0.15) is 12.8 Å². The Bertz CT molecular complexity index is 61.1. The predicted molar refractivity (Wildman–Crippen MR) is 30.2 cm³/mol. The molecule has 0 atom stereocenters. The molecule has 0 heterocycles. The monoisotopic (exact) mass is 122 g/mol. The summed E-state index contributed by atoms with van der Waals surface area (Å²) in [4.78, 5) is 0. The number of hydrogen-bond acceptors (Lipinski definition) is 0. The minimum absolute atomic E-state index is 0.277. The summed E-state index contributed by atoms with van der Waals surface area (Å²) >= 11 is 5.24. The number of halogens is 2. The van der Waals surface area contributed by atoms with E-state index in [0.717, 1.165) is 0 Å². The summed E-state index contributed by atoms with van der Waals surface area (Å²) in [6.07, 6.45) is 1.10. The third kappa shape index (κ3) is 5.96. The SMILES string of the molecule is C=C(F)CCCCl. The van der Waals surface area contributed by atoms with Crippen LogP contribution in [-0.4, -0.2) is 5.88 Å². The smallest absolute Gasteiger partial charge is 0.0928 e. The summed E-state index contributed by atoms with van der Waals surface area (Å²) in [6, 6.07) is 0. The van der Waals surface area contributed by atoms with Gasteiger partial charge in [0.05, 0.1) is 5.83 Å². The number of alkyl halides is 1. The van der Waals surface area contributed by atoms with Crippen molar-refractivity contribution in [3.05, 3.63) is 12.4 Å². The highest BCUT2D eigenvalue weighted by Crippen LogP contribution is 2.02. The van der Waals surface area contributed by atoms with Gasteiger partial charge in [-0.1, -0.05) is 6.58 Å². The molecule has 0 aromatic rings. The molecule has 0 fully saturated rings. The molecule has 0 rings (SSSR count). The topological polar surface area (TPSA) is 0 Å². The number of hydrogen-bond donors (Lipinski definition) is 0. The van der Waals surface area contributed by atoms with Crippen LogP contribution in [0.15, 0.2) is 12.4 Å². The second-order valence-electron chi connectivity index (χ2n) is 1.31. The summed E-state index contributed by atoms with van der Waals surface area (Å²) in [5.74, 6) is 0.240. The Morgan fingerprint density at radius 1 is 1.71 bits per heavy atom.